The highest BCUT2D eigenvalue weighted by Crippen LogP contribution is 2.58. The third-order valence-corrected chi connectivity index (χ3v) is 5.76. The molecule has 21 heavy (non-hydrogen) atoms. The Morgan fingerprint density at radius 2 is 2.19 bits per heavy atom. The standard InChI is InChI=1S/C16H21ClN2O2/c1-9-11(17)5-4-6-12(9)19-14(20)16(18)10-7-8-21-13(10)15(16,2)3/h4-6,10,13H,7-8,18H2,1-3H3,(H,19,20). The van der Waals surface area contributed by atoms with Gasteiger partial charge in [0.1, 0.15) is 5.54 Å². The first-order valence-corrected chi connectivity index (χ1v) is 7.65. The van der Waals surface area contributed by atoms with E-state index < -0.39 is 5.54 Å². The monoisotopic (exact) mass is 308 g/mol. The first kappa shape index (κ1) is 14.8. The molecule has 1 heterocycles. The lowest BCUT2D eigenvalue weighted by Gasteiger charge is -2.60. The predicted octanol–water partition coefficient (Wildman–Crippen LogP) is 2.73. The SMILES string of the molecule is Cc1c(Cl)cccc1NC(=O)C1(N)C2CCOC2C1(C)C. The summed E-state index contributed by atoms with van der Waals surface area (Å²) in [7, 11) is 0. The topological polar surface area (TPSA) is 64.4 Å². The van der Waals surface area contributed by atoms with Gasteiger partial charge in [0.25, 0.3) is 0 Å². The van der Waals surface area contributed by atoms with Crippen molar-refractivity contribution < 1.29 is 9.53 Å². The van der Waals surface area contributed by atoms with E-state index in [9.17, 15) is 4.79 Å². The van der Waals surface area contributed by atoms with E-state index >= 15 is 0 Å². The Morgan fingerprint density at radius 3 is 2.90 bits per heavy atom. The van der Waals surface area contributed by atoms with Crippen LogP contribution in [0.4, 0.5) is 5.69 Å². The lowest BCUT2D eigenvalue weighted by molar-refractivity contribution is -0.170. The molecule has 1 saturated carbocycles. The van der Waals surface area contributed by atoms with E-state index in [1.807, 2.05) is 32.9 Å². The second-order valence-corrected chi connectivity index (χ2v) is 7.05. The number of carbonyl (C=O) groups is 1. The molecule has 0 aromatic heterocycles. The minimum Gasteiger partial charge on any atom is -0.377 e. The van der Waals surface area contributed by atoms with Crippen molar-refractivity contribution in [3.63, 3.8) is 0 Å². The van der Waals surface area contributed by atoms with Crippen LogP contribution in [0.15, 0.2) is 18.2 Å². The van der Waals surface area contributed by atoms with Crippen molar-refractivity contribution in [2.24, 2.45) is 17.1 Å². The molecule has 1 amide bonds. The summed E-state index contributed by atoms with van der Waals surface area (Å²) in [6.07, 6.45) is 0.917. The summed E-state index contributed by atoms with van der Waals surface area (Å²) >= 11 is 6.10. The summed E-state index contributed by atoms with van der Waals surface area (Å²) in [5.41, 5.74) is 6.82. The zero-order valence-corrected chi connectivity index (χ0v) is 13.3. The highest BCUT2D eigenvalue weighted by molar-refractivity contribution is 6.31. The Morgan fingerprint density at radius 1 is 1.48 bits per heavy atom. The molecule has 0 spiro atoms. The molecule has 3 unspecified atom stereocenters. The van der Waals surface area contributed by atoms with Crippen LogP contribution in [0.1, 0.15) is 25.8 Å². The number of hydrogen-bond acceptors (Lipinski definition) is 3. The maximum absolute atomic E-state index is 12.8. The van der Waals surface area contributed by atoms with Crippen molar-refractivity contribution in [2.45, 2.75) is 38.8 Å². The minimum absolute atomic E-state index is 0.0775. The third-order valence-electron chi connectivity index (χ3n) is 5.35. The molecule has 2 fully saturated rings. The van der Waals surface area contributed by atoms with Crippen molar-refractivity contribution in [2.75, 3.05) is 11.9 Å². The van der Waals surface area contributed by atoms with Gasteiger partial charge >= 0.3 is 0 Å². The normalized spacial score (nSPS) is 33.2. The Kier molecular flexibility index (Phi) is 3.32. The van der Waals surface area contributed by atoms with Gasteiger partial charge in [-0.15, -0.1) is 0 Å². The highest BCUT2D eigenvalue weighted by Gasteiger charge is 2.71. The van der Waals surface area contributed by atoms with Crippen LogP contribution in [0.5, 0.6) is 0 Å². The van der Waals surface area contributed by atoms with Crippen LogP contribution < -0.4 is 11.1 Å². The van der Waals surface area contributed by atoms with Gasteiger partial charge in [-0.3, -0.25) is 4.79 Å². The summed E-state index contributed by atoms with van der Waals surface area (Å²) in [5.74, 6) is -0.0587. The van der Waals surface area contributed by atoms with E-state index in [0.717, 1.165) is 17.7 Å². The second kappa shape index (κ2) is 4.70. The minimum atomic E-state index is -0.900. The summed E-state index contributed by atoms with van der Waals surface area (Å²) in [5, 5.41) is 3.59. The summed E-state index contributed by atoms with van der Waals surface area (Å²) in [4.78, 5) is 12.8. The number of hydrogen-bond donors (Lipinski definition) is 2. The molecule has 0 radical (unpaired) electrons. The van der Waals surface area contributed by atoms with Gasteiger partial charge in [0.2, 0.25) is 5.91 Å². The molecule has 5 heteroatoms. The fraction of sp³-hybridized carbons (Fsp3) is 0.562. The number of ether oxygens (including phenoxy) is 1. The molecule has 4 nitrogen and oxygen atoms in total. The number of anilines is 1. The van der Waals surface area contributed by atoms with Gasteiger partial charge in [0, 0.05) is 28.6 Å². The first-order valence-electron chi connectivity index (χ1n) is 7.27. The van der Waals surface area contributed by atoms with E-state index in [1.54, 1.807) is 6.07 Å². The number of rotatable bonds is 2. The molecule has 2 aliphatic rings. The fourth-order valence-corrected chi connectivity index (χ4v) is 3.99. The third kappa shape index (κ3) is 1.86. The molecular weight excluding hydrogens is 288 g/mol. The van der Waals surface area contributed by atoms with Crippen LogP contribution in [-0.2, 0) is 9.53 Å². The highest BCUT2D eigenvalue weighted by atomic mass is 35.5. The molecule has 1 aliphatic carbocycles. The molecule has 114 valence electrons. The molecule has 3 N–H and O–H groups in total. The maximum Gasteiger partial charge on any atom is 0.245 e. The fourth-order valence-electron chi connectivity index (χ4n) is 3.81. The predicted molar refractivity (Wildman–Crippen MR) is 83.4 cm³/mol. The second-order valence-electron chi connectivity index (χ2n) is 6.64. The lowest BCUT2D eigenvalue weighted by atomic mass is 9.48. The Hall–Kier alpha value is -1.10. The largest absolute Gasteiger partial charge is 0.377 e. The smallest absolute Gasteiger partial charge is 0.245 e. The first-order chi connectivity index (χ1) is 9.80. The Bertz CT molecular complexity index is 602. The van der Waals surface area contributed by atoms with Gasteiger partial charge in [0.05, 0.1) is 6.10 Å². The van der Waals surface area contributed by atoms with E-state index in [2.05, 4.69) is 5.32 Å². The number of fused-ring (bicyclic) bond motifs is 1. The van der Waals surface area contributed by atoms with Gasteiger partial charge in [-0.05, 0) is 31.0 Å². The van der Waals surface area contributed by atoms with Crippen molar-refractivity contribution >= 4 is 23.2 Å². The van der Waals surface area contributed by atoms with E-state index in [-0.39, 0.29) is 23.3 Å². The van der Waals surface area contributed by atoms with Gasteiger partial charge in [-0.1, -0.05) is 31.5 Å². The summed E-state index contributed by atoms with van der Waals surface area (Å²) in [6, 6.07) is 5.47. The number of nitrogens with one attached hydrogen (secondary N) is 1. The van der Waals surface area contributed by atoms with Crippen LogP contribution in [0.3, 0.4) is 0 Å². The Balaban J connectivity index is 1.87. The van der Waals surface area contributed by atoms with Crippen LogP contribution in [-0.4, -0.2) is 24.2 Å². The summed E-state index contributed by atoms with van der Waals surface area (Å²) in [6.45, 7) is 6.57. The molecular formula is C16H21ClN2O2. The zero-order valence-electron chi connectivity index (χ0n) is 12.6. The van der Waals surface area contributed by atoms with Gasteiger partial charge < -0.3 is 15.8 Å². The van der Waals surface area contributed by atoms with Crippen LogP contribution >= 0.6 is 11.6 Å². The molecule has 0 bridgehead atoms. The molecule has 1 saturated heterocycles. The average Bonchev–Trinajstić information content (AvgIpc) is 2.91. The summed E-state index contributed by atoms with van der Waals surface area (Å²) < 4.78 is 5.72. The number of carbonyl (C=O) groups excluding carboxylic acids is 1. The molecule has 3 atom stereocenters. The Labute approximate surface area is 130 Å². The lowest BCUT2D eigenvalue weighted by Crippen LogP contribution is -2.79. The van der Waals surface area contributed by atoms with Gasteiger partial charge in [0.15, 0.2) is 0 Å². The van der Waals surface area contributed by atoms with Crippen LogP contribution in [0.2, 0.25) is 5.02 Å². The van der Waals surface area contributed by atoms with E-state index in [4.69, 9.17) is 22.1 Å². The zero-order chi connectivity index (χ0) is 15.4. The molecule has 1 aromatic carbocycles. The van der Waals surface area contributed by atoms with Crippen molar-refractivity contribution in [3.8, 4) is 0 Å². The van der Waals surface area contributed by atoms with Gasteiger partial charge in [-0.25, -0.2) is 0 Å². The number of amides is 1. The van der Waals surface area contributed by atoms with Crippen LogP contribution in [0.25, 0.3) is 0 Å². The molecule has 1 aromatic rings. The quantitative estimate of drug-likeness (QED) is 0.883. The van der Waals surface area contributed by atoms with Gasteiger partial charge in [-0.2, -0.15) is 0 Å². The van der Waals surface area contributed by atoms with E-state index in [0.29, 0.717) is 11.6 Å². The van der Waals surface area contributed by atoms with Crippen molar-refractivity contribution in [1.82, 2.24) is 0 Å². The van der Waals surface area contributed by atoms with E-state index in [1.165, 1.54) is 0 Å². The number of halogens is 1. The number of nitrogens with two attached hydrogens (primary N) is 1. The number of benzene rings is 1. The molecule has 3 rings (SSSR count). The van der Waals surface area contributed by atoms with Crippen molar-refractivity contribution in [1.29, 1.82) is 0 Å². The van der Waals surface area contributed by atoms with Crippen LogP contribution in [0, 0.1) is 18.3 Å². The maximum atomic E-state index is 12.8. The average molecular weight is 309 g/mol. The van der Waals surface area contributed by atoms with Crippen molar-refractivity contribution in [3.05, 3.63) is 28.8 Å². The molecule has 1 aliphatic heterocycles.